The molecule has 1 fully saturated rings. The lowest BCUT2D eigenvalue weighted by Gasteiger charge is -2.06. The summed E-state index contributed by atoms with van der Waals surface area (Å²) in [5.41, 5.74) is 0.836. The van der Waals surface area contributed by atoms with Crippen LogP contribution in [0.1, 0.15) is 43.7 Å². The van der Waals surface area contributed by atoms with Gasteiger partial charge in [-0.25, -0.2) is 0 Å². The van der Waals surface area contributed by atoms with Crippen molar-refractivity contribution in [2.24, 2.45) is 10.8 Å². The highest BCUT2D eigenvalue weighted by atomic mass is 16.2. The number of hydrogen-bond acceptors (Lipinski definition) is 2. The van der Waals surface area contributed by atoms with E-state index in [1.54, 1.807) is 6.92 Å². The number of carbonyl (C=O) groups excluding carboxylic acids is 1. The molecule has 0 spiro atoms. The van der Waals surface area contributed by atoms with Crippen LogP contribution >= 0.6 is 0 Å². The third-order valence-electron chi connectivity index (χ3n) is 4.60. The predicted octanol–water partition coefficient (Wildman–Crippen LogP) is 1.85. The first-order valence-corrected chi connectivity index (χ1v) is 6.18. The minimum atomic E-state index is -0.292. The van der Waals surface area contributed by atoms with Gasteiger partial charge in [0, 0.05) is 24.0 Å². The Morgan fingerprint density at radius 2 is 1.83 bits per heavy atom. The van der Waals surface area contributed by atoms with E-state index < -0.39 is 0 Å². The van der Waals surface area contributed by atoms with Gasteiger partial charge in [0.1, 0.15) is 5.56 Å². The molecule has 1 amide bonds. The quantitative estimate of drug-likeness (QED) is 0.839. The molecule has 1 aromatic rings. The summed E-state index contributed by atoms with van der Waals surface area (Å²) in [5.74, 6) is -0.292. The van der Waals surface area contributed by atoms with Gasteiger partial charge in [0.15, 0.2) is 5.43 Å². The van der Waals surface area contributed by atoms with E-state index >= 15 is 0 Å². The van der Waals surface area contributed by atoms with E-state index in [0.29, 0.717) is 0 Å². The molecule has 0 bridgehead atoms. The number of carbonyl (C=O) groups is 1. The van der Waals surface area contributed by atoms with Crippen LogP contribution in [0.4, 0.5) is 0 Å². The number of pyridine rings is 1. The topological polar surface area (TPSA) is 62.0 Å². The summed E-state index contributed by atoms with van der Waals surface area (Å²) >= 11 is 0. The summed E-state index contributed by atoms with van der Waals surface area (Å²) in [6.07, 6.45) is 1.48. The van der Waals surface area contributed by atoms with Crippen molar-refractivity contribution in [3.8, 4) is 0 Å². The van der Waals surface area contributed by atoms with E-state index in [1.165, 1.54) is 12.3 Å². The zero-order valence-corrected chi connectivity index (χ0v) is 11.5. The van der Waals surface area contributed by atoms with Crippen LogP contribution in [0.2, 0.25) is 0 Å². The molecule has 0 aliphatic heterocycles. The van der Waals surface area contributed by atoms with E-state index in [2.05, 4.69) is 38.0 Å². The van der Waals surface area contributed by atoms with Crippen molar-refractivity contribution < 1.29 is 4.79 Å². The molecule has 1 aromatic heterocycles. The van der Waals surface area contributed by atoms with E-state index in [0.717, 1.165) is 5.69 Å². The Bertz CT molecular complexity index is 541. The number of hydrogen-bond donors (Lipinski definition) is 2. The van der Waals surface area contributed by atoms with Crippen LogP contribution in [0.25, 0.3) is 0 Å². The molecule has 1 aliphatic carbocycles. The highest BCUT2D eigenvalue weighted by Gasteiger charge is 2.65. The van der Waals surface area contributed by atoms with Gasteiger partial charge in [-0.15, -0.1) is 0 Å². The highest BCUT2D eigenvalue weighted by Crippen LogP contribution is 2.62. The standard InChI is InChI=1S/C14H20N2O2/c1-8-6-10(17)9(7-15-8)11(18)16-12-13(2,3)14(12,4)5/h6-7,12H,1-5H3,(H,15,17)(H,16,18). The molecular formula is C14H20N2O2. The number of H-pyrrole nitrogens is 1. The van der Waals surface area contributed by atoms with Gasteiger partial charge in [-0.1, -0.05) is 27.7 Å². The molecule has 0 radical (unpaired) electrons. The Morgan fingerprint density at radius 1 is 1.28 bits per heavy atom. The van der Waals surface area contributed by atoms with Crippen molar-refractivity contribution in [2.45, 2.75) is 40.7 Å². The van der Waals surface area contributed by atoms with Gasteiger partial charge in [0.25, 0.3) is 5.91 Å². The van der Waals surface area contributed by atoms with Crippen molar-refractivity contribution in [3.05, 3.63) is 33.7 Å². The van der Waals surface area contributed by atoms with E-state index in [1.807, 2.05) is 0 Å². The second-order valence-corrected chi connectivity index (χ2v) is 6.24. The van der Waals surface area contributed by atoms with Crippen molar-refractivity contribution in [1.82, 2.24) is 10.3 Å². The van der Waals surface area contributed by atoms with Gasteiger partial charge >= 0.3 is 0 Å². The highest BCUT2D eigenvalue weighted by molar-refractivity contribution is 5.94. The fourth-order valence-electron chi connectivity index (χ4n) is 2.52. The van der Waals surface area contributed by atoms with Crippen LogP contribution in [0, 0.1) is 17.8 Å². The number of aryl methyl sites for hydroxylation is 1. The third-order valence-corrected chi connectivity index (χ3v) is 4.60. The fourth-order valence-corrected chi connectivity index (χ4v) is 2.52. The zero-order valence-electron chi connectivity index (χ0n) is 11.5. The van der Waals surface area contributed by atoms with Gasteiger partial charge in [-0.05, 0) is 17.8 Å². The molecule has 2 N–H and O–H groups in total. The summed E-state index contributed by atoms with van der Waals surface area (Å²) in [6, 6.07) is 1.55. The molecular weight excluding hydrogens is 228 g/mol. The minimum absolute atomic E-state index is 0.0696. The summed E-state index contributed by atoms with van der Waals surface area (Å²) in [7, 11) is 0. The number of aromatic amines is 1. The lowest BCUT2D eigenvalue weighted by atomic mass is 10.0. The predicted molar refractivity (Wildman–Crippen MR) is 70.6 cm³/mol. The Morgan fingerprint density at radius 3 is 2.28 bits per heavy atom. The molecule has 4 heteroatoms. The molecule has 4 nitrogen and oxygen atoms in total. The number of aromatic nitrogens is 1. The second-order valence-electron chi connectivity index (χ2n) is 6.24. The van der Waals surface area contributed by atoms with Crippen molar-refractivity contribution >= 4 is 5.91 Å². The molecule has 1 heterocycles. The van der Waals surface area contributed by atoms with Crippen LogP contribution in [0.3, 0.4) is 0 Å². The van der Waals surface area contributed by atoms with Crippen LogP contribution in [-0.4, -0.2) is 16.9 Å². The molecule has 98 valence electrons. The fraction of sp³-hybridized carbons (Fsp3) is 0.571. The summed E-state index contributed by atoms with van der Waals surface area (Å²) in [5, 5.41) is 2.95. The van der Waals surface area contributed by atoms with E-state index in [4.69, 9.17) is 0 Å². The molecule has 0 aromatic carbocycles. The van der Waals surface area contributed by atoms with Crippen LogP contribution in [0.15, 0.2) is 17.1 Å². The van der Waals surface area contributed by atoms with Gasteiger partial charge < -0.3 is 10.3 Å². The second kappa shape index (κ2) is 3.70. The summed E-state index contributed by atoms with van der Waals surface area (Å²) < 4.78 is 0. The van der Waals surface area contributed by atoms with Crippen LogP contribution in [-0.2, 0) is 0 Å². The maximum absolute atomic E-state index is 12.1. The largest absolute Gasteiger partial charge is 0.364 e. The first-order valence-electron chi connectivity index (χ1n) is 6.18. The van der Waals surface area contributed by atoms with Gasteiger partial charge in [-0.3, -0.25) is 9.59 Å². The number of nitrogens with one attached hydrogen (secondary N) is 2. The molecule has 0 saturated heterocycles. The van der Waals surface area contributed by atoms with E-state index in [9.17, 15) is 9.59 Å². The average molecular weight is 248 g/mol. The van der Waals surface area contributed by atoms with Gasteiger partial charge in [-0.2, -0.15) is 0 Å². The molecule has 0 unspecified atom stereocenters. The lowest BCUT2D eigenvalue weighted by Crippen LogP contribution is -2.33. The molecule has 0 atom stereocenters. The van der Waals surface area contributed by atoms with E-state index in [-0.39, 0.29) is 33.8 Å². The average Bonchev–Trinajstić information content (AvgIpc) is 2.60. The lowest BCUT2D eigenvalue weighted by molar-refractivity contribution is 0.0942. The monoisotopic (exact) mass is 248 g/mol. The van der Waals surface area contributed by atoms with Crippen molar-refractivity contribution in [1.29, 1.82) is 0 Å². The maximum atomic E-state index is 12.1. The zero-order chi connectivity index (χ0) is 13.7. The summed E-state index contributed by atoms with van der Waals surface area (Å²) in [4.78, 5) is 26.7. The molecule has 2 rings (SSSR count). The number of amides is 1. The first kappa shape index (κ1) is 12.9. The molecule has 1 aliphatic rings. The van der Waals surface area contributed by atoms with Crippen molar-refractivity contribution in [2.75, 3.05) is 0 Å². The smallest absolute Gasteiger partial charge is 0.256 e. The molecule has 1 saturated carbocycles. The summed E-state index contributed by atoms with van der Waals surface area (Å²) in [6.45, 7) is 10.3. The van der Waals surface area contributed by atoms with Crippen LogP contribution in [0.5, 0.6) is 0 Å². The molecule has 18 heavy (non-hydrogen) atoms. The normalized spacial score (nSPS) is 20.5. The van der Waals surface area contributed by atoms with Crippen LogP contribution < -0.4 is 10.7 Å². The maximum Gasteiger partial charge on any atom is 0.256 e. The Balaban J connectivity index is 2.18. The van der Waals surface area contributed by atoms with Gasteiger partial charge in [0.2, 0.25) is 0 Å². The van der Waals surface area contributed by atoms with Crippen molar-refractivity contribution in [3.63, 3.8) is 0 Å². The first-order chi connectivity index (χ1) is 8.18. The number of rotatable bonds is 2. The SMILES string of the molecule is Cc1cc(=O)c(C(=O)NC2C(C)(C)C2(C)C)c[nH]1. The Hall–Kier alpha value is -1.58. The van der Waals surface area contributed by atoms with Gasteiger partial charge in [0.05, 0.1) is 0 Å². The third kappa shape index (κ3) is 1.76. The Kier molecular flexibility index (Phi) is 2.65. The Labute approximate surface area is 107 Å². The minimum Gasteiger partial charge on any atom is -0.364 e.